The van der Waals surface area contributed by atoms with Crippen molar-refractivity contribution in [3.8, 4) is 0 Å². The Morgan fingerprint density at radius 2 is 2.17 bits per heavy atom. The van der Waals surface area contributed by atoms with Crippen LogP contribution in [0.25, 0.3) is 0 Å². The van der Waals surface area contributed by atoms with E-state index in [9.17, 15) is 9.90 Å². The first-order valence-corrected chi connectivity index (χ1v) is 6.40. The zero-order valence-corrected chi connectivity index (χ0v) is 10.3. The van der Waals surface area contributed by atoms with Gasteiger partial charge < -0.3 is 9.84 Å². The molecule has 4 heteroatoms. The summed E-state index contributed by atoms with van der Waals surface area (Å²) in [5.74, 6) is -0.850. The number of nitrogens with one attached hydrogen (secondary N) is 1. The summed E-state index contributed by atoms with van der Waals surface area (Å²) in [6.07, 6.45) is 3.42. The molecule has 18 heavy (non-hydrogen) atoms. The van der Waals surface area contributed by atoms with Gasteiger partial charge in [-0.3, -0.25) is 10.1 Å². The van der Waals surface area contributed by atoms with Gasteiger partial charge in [-0.1, -0.05) is 30.3 Å². The van der Waals surface area contributed by atoms with E-state index < -0.39 is 12.0 Å². The lowest BCUT2D eigenvalue weighted by Gasteiger charge is -2.24. The number of rotatable bonds is 5. The van der Waals surface area contributed by atoms with Gasteiger partial charge in [-0.25, -0.2) is 0 Å². The standard InChI is InChI=1S/C14H19NO3/c16-14(17)13(11-6-2-1-3-7-11)15-10-12-8-4-5-9-18-12/h1-3,6-7,12-13,15H,4-5,8-10H2,(H,16,17). The third kappa shape index (κ3) is 3.55. The molecule has 1 aromatic rings. The topological polar surface area (TPSA) is 58.6 Å². The number of hydrogen-bond acceptors (Lipinski definition) is 3. The van der Waals surface area contributed by atoms with Crippen molar-refractivity contribution in [1.82, 2.24) is 5.32 Å². The lowest BCUT2D eigenvalue weighted by atomic mass is 10.1. The van der Waals surface area contributed by atoms with E-state index in [0.29, 0.717) is 6.54 Å². The van der Waals surface area contributed by atoms with Gasteiger partial charge in [-0.15, -0.1) is 0 Å². The summed E-state index contributed by atoms with van der Waals surface area (Å²) >= 11 is 0. The highest BCUT2D eigenvalue weighted by atomic mass is 16.5. The maximum Gasteiger partial charge on any atom is 0.325 e. The van der Waals surface area contributed by atoms with E-state index in [1.165, 1.54) is 0 Å². The van der Waals surface area contributed by atoms with Gasteiger partial charge in [0, 0.05) is 13.2 Å². The van der Waals surface area contributed by atoms with Crippen LogP contribution in [0, 0.1) is 0 Å². The Morgan fingerprint density at radius 3 is 2.78 bits per heavy atom. The lowest BCUT2D eigenvalue weighted by Crippen LogP contribution is -2.37. The van der Waals surface area contributed by atoms with Crippen LogP contribution in [0.3, 0.4) is 0 Å². The predicted octanol–water partition coefficient (Wildman–Crippen LogP) is 1.97. The van der Waals surface area contributed by atoms with Gasteiger partial charge in [0.05, 0.1) is 6.10 Å². The second-order valence-electron chi connectivity index (χ2n) is 4.58. The average molecular weight is 249 g/mol. The zero-order valence-electron chi connectivity index (χ0n) is 10.3. The fourth-order valence-electron chi connectivity index (χ4n) is 2.21. The Kier molecular flexibility index (Phi) is 4.73. The molecule has 1 fully saturated rings. The molecule has 2 unspecified atom stereocenters. The van der Waals surface area contributed by atoms with Crippen LogP contribution in [0.5, 0.6) is 0 Å². The van der Waals surface area contributed by atoms with Crippen LogP contribution >= 0.6 is 0 Å². The number of ether oxygens (including phenoxy) is 1. The Bertz CT molecular complexity index is 374. The zero-order chi connectivity index (χ0) is 12.8. The Hall–Kier alpha value is -1.39. The third-order valence-electron chi connectivity index (χ3n) is 3.20. The predicted molar refractivity (Wildman–Crippen MR) is 68.4 cm³/mol. The van der Waals surface area contributed by atoms with Crippen LogP contribution in [-0.4, -0.2) is 30.3 Å². The number of carboxylic acid groups (broad SMARTS) is 1. The van der Waals surface area contributed by atoms with Crippen LogP contribution in [0.15, 0.2) is 30.3 Å². The van der Waals surface area contributed by atoms with Gasteiger partial charge in [-0.05, 0) is 24.8 Å². The first-order chi connectivity index (χ1) is 8.77. The molecule has 0 radical (unpaired) electrons. The quantitative estimate of drug-likeness (QED) is 0.837. The molecule has 0 saturated carbocycles. The highest BCUT2D eigenvalue weighted by Crippen LogP contribution is 2.15. The van der Waals surface area contributed by atoms with E-state index in [0.717, 1.165) is 31.4 Å². The number of hydrogen-bond donors (Lipinski definition) is 2. The molecule has 1 aliphatic heterocycles. The number of carbonyl (C=O) groups is 1. The lowest BCUT2D eigenvalue weighted by molar-refractivity contribution is -0.139. The van der Waals surface area contributed by atoms with Crippen molar-refractivity contribution in [2.24, 2.45) is 0 Å². The second-order valence-corrected chi connectivity index (χ2v) is 4.58. The summed E-state index contributed by atoms with van der Waals surface area (Å²) in [5.41, 5.74) is 0.779. The van der Waals surface area contributed by atoms with Gasteiger partial charge in [0.2, 0.25) is 0 Å². The third-order valence-corrected chi connectivity index (χ3v) is 3.20. The first kappa shape index (κ1) is 13.1. The van der Waals surface area contributed by atoms with Crippen molar-refractivity contribution >= 4 is 5.97 Å². The van der Waals surface area contributed by atoms with Crippen molar-refractivity contribution < 1.29 is 14.6 Å². The monoisotopic (exact) mass is 249 g/mol. The van der Waals surface area contributed by atoms with Gasteiger partial charge in [0.25, 0.3) is 0 Å². The van der Waals surface area contributed by atoms with E-state index in [-0.39, 0.29) is 6.10 Å². The van der Waals surface area contributed by atoms with Crippen LogP contribution < -0.4 is 5.32 Å². The number of carboxylic acids is 1. The van der Waals surface area contributed by atoms with Crippen molar-refractivity contribution in [2.75, 3.05) is 13.2 Å². The average Bonchev–Trinajstić information content (AvgIpc) is 2.41. The van der Waals surface area contributed by atoms with E-state index in [1.807, 2.05) is 30.3 Å². The first-order valence-electron chi connectivity index (χ1n) is 6.40. The van der Waals surface area contributed by atoms with E-state index >= 15 is 0 Å². The minimum Gasteiger partial charge on any atom is -0.480 e. The fourth-order valence-corrected chi connectivity index (χ4v) is 2.21. The molecule has 0 spiro atoms. The van der Waals surface area contributed by atoms with Gasteiger partial charge in [0.1, 0.15) is 6.04 Å². The molecular formula is C14H19NO3. The molecule has 2 rings (SSSR count). The molecule has 0 aromatic heterocycles. The SMILES string of the molecule is O=C(O)C(NCC1CCCCO1)c1ccccc1. The van der Waals surface area contributed by atoms with Crippen molar-refractivity contribution in [3.63, 3.8) is 0 Å². The summed E-state index contributed by atoms with van der Waals surface area (Å²) in [5, 5.41) is 12.3. The minimum atomic E-state index is -0.850. The summed E-state index contributed by atoms with van der Waals surface area (Å²) in [6, 6.07) is 8.58. The Labute approximate surface area is 107 Å². The summed E-state index contributed by atoms with van der Waals surface area (Å²) in [4.78, 5) is 11.3. The van der Waals surface area contributed by atoms with Crippen LogP contribution in [0.2, 0.25) is 0 Å². The smallest absolute Gasteiger partial charge is 0.325 e. The fraction of sp³-hybridized carbons (Fsp3) is 0.500. The molecule has 2 atom stereocenters. The molecule has 1 aliphatic rings. The van der Waals surface area contributed by atoms with Crippen molar-refractivity contribution in [1.29, 1.82) is 0 Å². The number of benzene rings is 1. The van der Waals surface area contributed by atoms with E-state index in [2.05, 4.69) is 5.32 Å². The molecule has 1 heterocycles. The van der Waals surface area contributed by atoms with Crippen LogP contribution in [0.1, 0.15) is 30.9 Å². The highest BCUT2D eigenvalue weighted by molar-refractivity contribution is 5.75. The van der Waals surface area contributed by atoms with Gasteiger partial charge in [-0.2, -0.15) is 0 Å². The van der Waals surface area contributed by atoms with Crippen molar-refractivity contribution in [2.45, 2.75) is 31.4 Å². The molecule has 98 valence electrons. The van der Waals surface area contributed by atoms with Crippen molar-refractivity contribution in [3.05, 3.63) is 35.9 Å². The van der Waals surface area contributed by atoms with Crippen LogP contribution in [-0.2, 0) is 9.53 Å². The van der Waals surface area contributed by atoms with Gasteiger partial charge in [0.15, 0.2) is 0 Å². The largest absolute Gasteiger partial charge is 0.480 e. The minimum absolute atomic E-state index is 0.143. The summed E-state index contributed by atoms with van der Waals surface area (Å²) in [6.45, 7) is 1.38. The molecule has 0 aliphatic carbocycles. The van der Waals surface area contributed by atoms with Crippen LogP contribution in [0.4, 0.5) is 0 Å². The molecule has 4 nitrogen and oxygen atoms in total. The van der Waals surface area contributed by atoms with Gasteiger partial charge >= 0.3 is 5.97 Å². The Morgan fingerprint density at radius 1 is 1.39 bits per heavy atom. The maximum atomic E-state index is 11.3. The maximum absolute atomic E-state index is 11.3. The van der Waals surface area contributed by atoms with E-state index in [1.54, 1.807) is 0 Å². The molecular weight excluding hydrogens is 230 g/mol. The molecule has 1 saturated heterocycles. The second kappa shape index (κ2) is 6.52. The normalized spacial score (nSPS) is 21.4. The summed E-state index contributed by atoms with van der Waals surface area (Å²) in [7, 11) is 0. The highest BCUT2D eigenvalue weighted by Gasteiger charge is 2.21. The summed E-state index contributed by atoms with van der Waals surface area (Å²) < 4.78 is 5.59. The molecule has 1 aromatic carbocycles. The molecule has 0 amide bonds. The van der Waals surface area contributed by atoms with E-state index in [4.69, 9.17) is 4.74 Å². The molecule has 2 N–H and O–H groups in total. The number of aliphatic carboxylic acids is 1. The molecule has 0 bridgehead atoms. The Balaban J connectivity index is 1.92.